The molecule has 2 aromatic heterocycles. The minimum Gasteiger partial charge on any atom is -0.456 e. The van der Waals surface area contributed by atoms with Crippen LogP contribution in [0.3, 0.4) is 0 Å². The molecule has 0 saturated heterocycles. The van der Waals surface area contributed by atoms with Gasteiger partial charge in [-0.25, -0.2) is 0 Å². The van der Waals surface area contributed by atoms with Gasteiger partial charge in [0, 0.05) is 55.7 Å². The Morgan fingerprint density at radius 1 is 0.317 bits per heavy atom. The molecule has 0 aliphatic carbocycles. The minimum absolute atomic E-state index is 0.852. The van der Waals surface area contributed by atoms with E-state index >= 15 is 0 Å². The Hall–Kier alpha value is -7.30. The van der Waals surface area contributed by atoms with Gasteiger partial charge < -0.3 is 18.6 Å². The maximum absolute atomic E-state index is 6.69. The minimum atomic E-state index is 0.852. The van der Waals surface area contributed by atoms with Crippen LogP contribution in [0.15, 0.2) is 167 Å². The van der Waals surface area contributed by atoms with E-state index in [1.165, 1.54) is 44.8 Å². The third kappa shape index (κ3) is 5.74. The largest absolute Gasteiger partial charge is 0.456 e. The number of aryl methyl sites for hydroxylation is 6. The molecule has 11 rings (SSSR count). The predicted octanol–water partition coefficient (Wildman–Crippen LogP) is 16.6. The van der Waals surface area contributed by atoms with Crippen LogP contribution in [0.25, 0.3) is 65.4 Å². The van der Waals surface area contributed by atoms with Gasteiger partial charge in [0.05, 0.1) is 0 Å². The van der Waals surface area contributed by atoms with Crippen LogP contribution in [-0.2, 0) is 0 Å². The highest BCUT2D eigenvalue weighted by molar-refractivity contribution is 6.28. The average Bonchev–Trinajstić information content (AvgIpc) is 3.78. The van der Waals surface area contributed by atoms with Crippen LogP contribution in [-0.4, -0.2) is 0 Å². The van der Waals surface area contributed by atoms with E-state index in [1.807, 2.05) is 0 Å². The molecule has 0 aliphatic rings. The Morgan fingerprint density at radius 3 is 1.15 bits per heavy atom. The number of anilines is 6. The summed E-state index contributed by atoms with van der Waals surface area (Å²) >= 11 is 0. The molecule has 9 aromatic carbocycles. The van der Waals surface area contributed by atoms with E-state index in [-0.39, 0.29) is 0 Å². The second-order valence-electron chi connectivity index (χ2n) is 16.6. The zero-order valence-electron chi connectivity index (χ0n) is 34.7. The van der Waals surface area contributed by atoms with Crippen molar-refractivity contribution in [3.05, 3.63) is 191 Å². The van der Waals surface area contributed by atoms with Gasteiger partial charge in [0.2, 0.25) is 0 Å². The van der Waals surface area contributed by atoms with Crippen LogP contribution >= 0.6 is 0 Å². The van der Waals surface area contributed by atoms with Crippen LogP contribution in [0.1, 0.15) is 33.4 Å². The maximum atomic E-state index is 6.69. The van der Waals surface area contributed by atoms with Crippen molar-refractivity contribution >= 4 is 99.5 Å². The fourth-order valence-corrected chi connectivity index (χ4v) is 9.43. The van der Waals surface area contributed by atoms with Gasteiger partial charge in [0.25, 0.3) is 0 Å². The summed E-state index contributed by atoms with van der Waals surface area (Å²) in [5.41, 5.74) is 17.7. The molecule has 290 valence electrons. The molecule has 0 saturated carbocycles. The Balaban J connectivity index is 1.05. The van der Waals surface area contributed by atoms with Gasteiger partial charge >= 0.3 is 0 Å². The third-order valence-electron chi connectivity index (χ3n) is 12.4. The average molecular weight is 777 g/mol. The molecule has 2 heterocycles. The Bertz CT molecular complexity index is 3300. The van der Waals surface area contributed by atoms with Crippen LogP contribution in [0, 0.1) is 41.5 Å². The summed E-state index contributed by atoms with van der Waals surface area (Å²) in [6, 6.07) is 57.2. The van der Waals surface area contributed by atoms with Crippen molar-refractivity contribution in [3.8, 4) is 0 Å². The summed E-state index contributed by atoms with van der Waals surface area (Å²) in [7, 11) is 0. The van der Waals surface area contributed by atoms with Crippen LogP contribution in [0.5, 0.6) is 0 Å². The number of hydrogen-bond donors (Lipinski definition) is 0. The van der Waals surface area contributed by atoms with Gasteiger partial charge in [0.1, 0.15) is 22.3 Å². The second kappa shape index (κ2) is 13.6. The van der Waals surface area contributed by atoms with Gasteiger partial charge in [0.15, 0.2) is 0 Å². The van der Waals surface area contributed by atoms with Gasteiger partial charge in [-0.1, -0.05) is 83.9 Å². The zero-order valence-corrected chi connectivity index (χ0v) is 34.7. The second-order valence-corrected chi connectivity index (χ2v) is 16.6. The van der Waals surface area contributed by atoms with Gasteiger partial charge in [-0.05, 0) is 170 Å². The molecular formula is C56H44N2O2. The monoisotopic (exact) mass is 776 g/mol. The SMILES string of the molecule is Cc1ccc(N(c2ccc3cc4c(cc3c2)oc2ccc3oc5cc6cc(N(c7ccccc7C)c7ccc(C)cc7C)ccc6cc5c3c24)c2ccccc2C)c(C)c1. The zero-order chi connectivity index (χ0) is 40.8. The molecule has 0 radical (unpaired) electrons. The Labute approximate surface area is 349 Å². The highest BCUT2D eigenvalue weighted by atomic mass is 16.3. The van der Waals surface area contributed by atoms with E-state index in [0.717, 1.165) is 88.2 Å². The lowest BCUT2D eigenvalue weighted by molar-refractivity contribution is 0.663. The molecule has 0 atom stereocenters. The van der Waals surface area contributed by atoms with Crippen LogP contribution < -0.4 is 9.80 Å². The van der Waals surface area contributed by atoms with Crippen LogP contribution in [0.2, 0.25) is 0 Å². The van der Waals surface area contributed by atoms with E-state index < -0.39 is 0 Å². The van der Waals surface area contributed by atoms with E-state index in [9.17, 15) is 0 Å². The first-order valence-corrected chi connectivity index (χ1v) is 20.7. The molecule has 0 unspecified atom stereocenters. The van der Waals surface area contributed by atoms with E-state index in [4.69, 9.17) is 8.83 Å². The number of benzene rings is 9. The molecule has 0 bridgehead atoms. The number of para-hydroxylation sites is 2. The molecule has 4 heteroatoms. The van der Waals surface area contributed by atoms with E-state index in [0.29, 0.717) is 0 Å². The molecule has 0 spiro atoms. The van der Waals surface area contributed by atoms with E-state index in [1.54, 1.807) is 0 Å². The number of nitrogens with zero attached hydrogens (tertiary/aromatic N) is 2. The lowest BCUT2D eigenvalue weighted by atomic mass is 10.00. The summed E-state index contributed by atoms with van der Waals surface area (Å²) in [6.45, 7) is 13.0. The van der Waals surface area contributed by atoms with Gasteiger partial charge in [-0.3, -0.25) is 0 Å². The molecule has 0 N–H and O–H groups in total. The summed E-state index contributed by atoms with van der Waals surface area (Å²) in [4.78, 5) is 4.76. The number of rotatable bonds is 6. The summed E-state index contributed by atoms with van der Waals surface area (Å²) < 4.78 is 13.4. The predicted molar refractivity (Wildman–Crippen MR) is 254 cm³/mol. The quantitative estimate of drug-likeness (QED) is 0.168. The lowest BCUT2D eigenvalue weighted by Crippen LogP contribution is -2.12. The fourth-order valence-electron chi connectivity index (χ4n) is 9.43. The molecule has 11 aromatic rings. The van der Waals surface area contributed by atoms with Crippen molar-refractivity contribution in [2.75, 3.05) is 9.80 Å². The van der Waals surface area contributed by atoms with Gasteiger partial charge in [-0.15, -0.1) is 0 Å². The molecule has 0 amide bonds. The topological polar surface area (TPSA) is 32.8 Å². The smallest absolute Gasteiger partial charge is 0.136 e. The molecule has 60 heavy (non-hydrogen) atoms. The number of furan rings is 2. The summed E-state index contributed by atoms with van der Waals surface area (Å²) in [6.07, 6.45) is 0. The molecule has 0 aliphatic heterocycles. The summed E-state index contributed by atoms with van der Waals surface area (Å²) in [5, 5.41) is 8.90. The highest BCUT2D eigenvalue weighted by Gasteiger charge is 2.22. The van der Waals surface area contributed by atoms with Crippen molar-refractivity contribution in [1.82, 2.24) is 0 Å². The van der Waals surface area contributed by atoms with Crippen molar-refractivity contribution in [3.63, 3.8) is 0 Å². The number of fused-ring (bicyclic) bond motifs is 9. The maximum Gasteiger partial charge on any atom is 0.136 e. The van der Waals surface area contributed by atoms with Crippen molar-refractivity contribution in [1.29, 1.82) is 0 Å². The molecular weight excluding hydrogens is 733 g/mol. The molecule has 4 nitrogen and oxygen atoms in total. The highest BCUT2D eigenvalue weighted by Crippen LogP contribution is 2.45. The lowest BCUT2D eigenvalue weighted by Gasteiger charge is -2.29. The van der Waals surface area contributed by atoms with Gasteiger partial charge in [-0.2, -0.15) is 0 Å². The van der Waals surface area contributed by atoms with Crippen molar-refractivity contribution in [2.45, 2.75) is 41.5 Å². The Morgan fingerprint density at radius 2 is 0.733 bits per heavy atom. The van der Waals surface area contributed by atoms with E-state index in [2.05, 4.69) is 209 Å². The third-order valence-corrected chi connectivity index (χ3v) is 12.4. The first kappa shape index (κ1) is 35.8. The first-order valence-electron chi connectivity index (χ1n) is 20.7. The standard InChI is InChI=1S/C56H44N2O2/c1-33-15-21-49(37(5)25-33)57(47-13-9-7-11-35(47)3)43-19-17-39-29-45-53(31-41(39)27-43)59-51-23-24-52-56(55(45)51)46-30-40-18-20-44(28-42(40)32-54(46)60-52)58(48-14-10-8-12-36(48)4)50-22-16-34(2)26-38(50)6/h7-32H,1-6H3. The summed E-state index contributed by atoms with van der Waals surface area (Å²) in [5.74, 6) is 0. The molecule has 0 fully saturated rings. The first-order chi connectivity index (χ1) is 29.2. The normalized spacial score (nSPS) is 11.8. The number of hydrogen-bond acceptors (Lipinski definition) is 4. The van der Waals surface area contributed by atoms with Crippen molar-refractivity contribution in [2.24, 2.45) is 0 Å². The fraction of sp³-hybridized carbons (Fsp3) is 0.107. The Kier molecular flexibility index (Phi) is 8.15. The van der Waals surface area contributed by atoms with Crippen molar-refractivity contribution < 1.29 is 8.83 Å². The van der Waals surface area contributed by atoms with Crippen LogP contribution in [0.4, 0.5) is 34.1 Å².